The zero-order valence-electron chi connectivity index (χ0n) is 16.9. The Balaban J connectivity index is 1.40. The van der Waals surface area contributed by atoms with E-state index in [4.69, 9.17) is 4.74 Å². The van der Waals surface area contributed by atoms with Crippen LogP contribution in [0, 0.1) is 0 Å². The highest BCUT2D eigenvalue weighted by Crippen LogP contribution is 2.22. The van der Waals surface area contributed by atoms with E-state index in [9.17, 15) is 4.79 Å². The molecule has 0 unspecified atom stereocenters. The number of nitrogens with zero attached hydrogens (tertiary/aromatic N) is 3. The maximum atomic E-state index is 12.6. The molecule has 2 aromatic heterocycles. The summed E-state index contributed by atoms with van der Waals surface area (Å²) in [6.45, 7) is 7.04. The van der Waals surface area contributed by atoms with Crippen LogP contribution in [0.5, 0.6) is 5.75 Å². The predicted molar refractivity (Wildman–Crippen MR) is 115 cm³/mol. The summed E-state index contributed by atoms with van der Waals surface area (Å²) in [6, 6.07) is 11.7. The summed E-state index contributed by atoms with van der Waals surface area (Å²) in [5.74, 6) is 1.64. The molecule has 2 N–H and O–H groups in total. The van der Waals surface area contributed by atoms with E-state index in [-0.39, 0.29) is 5.91 Å². The minimum absolute atomic E-state index is 0.128. The molecule has 0 saturated carbocycles. The van der Waals surface area contributed by atoms with Crippen LogP contribution < -0.4 is 15.0 Å². The molecular formula is C22H27N5O2. The topological polar surface area (TPSA) is 73.5 Å². The molecule has 152 valence electrons. The van der Waals surface area contributed by atoms with Gasteiger partial charge in [-0.25, -0.2) is 4.98 Å². The average Bonchev–Trinajstić information content (AvgIpc) is 3.16. The van der Waals surface area contributed by atoms with Crippen molar-refractivity contribution in [2.45, 2.75) is 13.5 Å². The zero-order valence-corrected chi connectivity index (χ0v) is 16.9. The monoisotopic (exact) mass is 393 g/mol. The molecule has 29 heavy (non-hydrogen) atoms. The van der Waals surface area contributed by atoms with E-state index in [1.165, 1.54) is 0 Å². The van der Waals surface area contributed by atoms with Gasteiger partial charge in [0.1, 0.15) is 17.3 Å². The highest BCUT2D eigenvalue weighted by atomic mass is 16.5. The summed E-state index contributed by atoms with van der Waals surface area (Å²) < 4.78 is 5.52. The molecule has 1 fully saturated rings. The molecule has 3 aromatic rings. The molecule has 4 rings (SSSR count). The molecule has 1 saturated heterocycles. The van der Waals surface area contributed by atoms with Crippen LogP contribution in [-0.4, -0.2) is 60.6 Å². The Labute approximate surface area is 170 Å². The lowest BCUT2D eigenvalue weighted by molar-refractivity contribution is 0.0946. The Hall–Kier alpha value is -3.06. The summed E-state index contributed by atoms with van der Waals surface area (Å²) in [5, 5.41) is 3.98. The van der Waals surface area contributed by atoms with Gasteiger partial charge < -0.3 is 24.8 Å². The van der Waals surface area contributed by atoms with Crippen LogP contribution in [0.15, 0.2) is 42.6 Å². The minimum Gasteiger partial charge on any atom is -0.494 e. The van der Waals surface area contributed by atoms with Crippen LogP contribution in [0.3, 0.4) is 0 Å². The number of carbonyl (C=O) groups is 1. The molecule has 1 amide bonds. The molecule has 0 radical (unpaired) electrons. The summed E-state index contributed by atoms with van der Waals surface area (Å²) in [7, 11) is 2.14. The Kier molecular flexibility index (Phi) is 5.67. The first-order valence-corrected chi connectivity index (χ1v) is 10.0. The first kappa shape index (κ1) is 19.3. The van der Waals surface area contributed by atoms with E-state index in [1.54, 1.807) is 0 Å². The largest absolute Gasteiger partial charge is 0.494 e. The van der Waals surface area contributed by atoms with Crippen molar-refractivity contribution in [2.75, 3.05) is 44.7 Å². The van der Waals surface area contributed by atoms with Gasteiger partial charge >= 0.3 is 0 Å². The lowest BCUT2D eigenvalue weighted by atomic mass is 10.2. The Morgan fingerprint density at radius 1 is 1.17 bits per heavy atom. The van der Waals surface area contributed by atoms with Gasteiger partial charge in [0.25, 0.3) is 5.91 Å². The van der Waals surface area contributed by atoms with Gasteiger partial charge in [0.15, 0.2) is 0 Å². The summed E-state index contributed by atoms with van der Waals surface area (Å²) in [6.07, 6.45) is 1.81. The fourth-order valence-corrected chi connectivity index (χ4v) is 3.54. The van der Waals surface area contributed by atoms with E-state index in [1.807, 2.05) is 43.5 Å². The Bertz CT molecular complexity index is 992. The SMILES string of the molecule is CCOc1ccc2cc(C(=O)NCc3ccnc(N4CCN(C)CC4)c3)[nH]c2c1. The maximum absolute atomic E-state index is 12.6. The van der Waals surface area contributed by atoms with Gasteiger partial charge in [-0.2, -0.15) is 0 Å². The van der Waals surface area contributed by atoms with E-state index >= 15 is 0 Å². The number of ether oxygens (including phenoxy) is 1. The third kappa shape index (κ3) is 4.51. The molecule has 1 aromatic carbocycles. The second-order valence-electron chi connectivity index (χ2n) is 7.36. The van der Waals surface area contributed by atoms with Crippen molar-refractivity contribution in [1.29, 1.82) is 0 Å². The molecule has 3 heterocycles. The summed E-state index contributed by atoms with van der Waals surface area (Å²) in [4.78, 5) is 24.9. The number of rotatable bonds is 6. The summed E-state index contributed by atoms with van der Waals surface area (Å²) >= 11 is 0. The first-order chi connectivity index (χ1) is 14.1. The number of pyridine rings is 1. The van der Waals surface area contributed by atoms with Crippen molar-refractivity contribution in [1.82, 2.24) is 20.2 Å². The molecule has 0 atom stereocenters. The van der Waals surface area contributed by atoms with E-state index in [2.05, 4.69) is 38.2 Å². The quantitative estimate of drug-likeness (QED) is 0.674. The van der Waals surface area contributed by atoms with E-state index < -0.39 is 0 Å². The van der Waals surface area contributed by atoms with Gasteiger partial charge in [-0.15, -0.1) is 0 Å². The van der Waals surface area contributed by atoms with Crippen molar-refractivity contribution < 1.29 is 9.53 Å². The second-order valence-corrected chi connectivity index (χ2v) is 7.36. The fourth-order valence-electron chi connectivity index (χ4n) is 3.54. The van der Waals surface area contributed by atoms with Crippen LogP contribution in [-0.2, 0) is 6.54 Å². The number of likely N-dealkylation sites (N-methyl/N-ethyl adjacent to an activating group) is 1. The number of benzene rings is 1. The van der Waals surface area contributed by atoms with Gasteiger partial charge in [-0.3, -0.25) is 4.79 Å². The normalized spacial score (nSPS) is 14.9. The number of hydrogen-bond acceptors (Lipinski definition) is 5. The number of aromatic amines is 1. The molecule has 1 aliphatic rings. The minimum atomic E-state index is -0.128. The van der Waals surface area contributed by atoms with Crippen LogP contribution >= 0.6 is 0 Å². The number of hydrogen-bond donors (Lipinski definition) is 2. The summed E-state index contributed by atoms with van der Waals surface area (Å²) in [5.41, 5.74) is 2.47. The average molecular weight is 393 g/mol. The van der Waals surface area contributed by atoms with Crippen molar-refractivity contribution >= 4 is 22.6 Å². The fraction of sp³-hybridized carbons (Fsp3) is 0.364. The third-order valence-corrected chi connectivity index (χ3v) is 5.24. The van der Waals surface area contributed by atoms with Crippen LogP contribution in [0.1, 0.15) is 23.0 Å². The number of carbonyl (C=O) groups excluding carboxylic acids is 1. The maximum Gasteiger partial charge on any atom is 0.267 e. The Morgan fingerprint density at radius 3 is 2.79 bits per heavy atom. The van der Waals surface area contributed by atoms with Gasteiger partial charge in [-0.05, 0) is 49.9 Å². The predicted octanol–water partition coefficient (Wildman–Crippen LogP) is 2.64. The molecule has 0 spiro atoms. The number of aromatic nitrogens is 2. The van der Waals surface area contributed by atoms with E-state index in [0.717, 1.165) is 54.2 Å². The van der Waals surface area contributed by atoms with Gasteiger partial charge in [0, 0.05) is 55.9 Å². The highest BCUT2D eigenvalue weighted by Gasteiger charge is 2.16. The second kappa shape index (κ2) is 8.53. The highest BCUT2D eigenvalue weighted by molar-refractivity contribution is 5.98. The van der Waals surface area contributed by atoms with E-state index in [0.29, 0.717) is 18.8 Å². The number of fused-ring (bicyclic) bond motifs is 1. The number of anilines is 1. The zero-order chi connectivity index (χ0) is 20.2. The molecule has 7 nitrogen and oxygen atoms in total. The number of amides is 1. The Morgan fingerprint density at radius 2 is 2.00 bits per heavy atom. The number of H-pyrrole nitrogens is 1. The lowest BCUT2D eigenvalue weighted by Crippen LogP contribution is -2.44. The number of nitrogens with one attached hydrogen (secondary N) is 2. The number of piperazine rings is 1. The third-order valence-electron chi connectivity index (χ3n) is 5.24. The molecule has 1 aliphatic heterocycles. The molecule has 0 bridgehead atoms. The van der Waals surface area contributed by atoms with Gasteiger partial charge in [-0.1, -0.05) is 0 Å². The van der Waals surface area contributed by atoms with Crippen molar-refractivity contribution in [3.8, 4) is 5.75 Å². The molecular weight excluding hydrogens is 366 g/mol. The molecule has 0 aliphatic carbocycles. The van der Waals surface area contributed by atoms with Crippen molar-refractivity contribution in [3.63, 3.8) is 0 Å². The van der Waals surface area contributed by atoms with Crippen LogP contribution in [0.2, 0.25) is 0 Å². The van der Waals surface area contributed by atoms with Crippen molar-refractivity contribution in [3.05, 3.63) is 53.9 Å². The van der Waals surface area contributed by atoms with Crippen LogP contribution in [0.25, 0.3) is 10.9 Å². The van der Waals surface area contributed by atoms with Crippen molar-refractivity contribution in [2.24, 2.45) is 0 Å². The lowest BCUT2D eigenvalue weighted by Gasteiger charge is -2.33. The first-order valence-electron chi connectivity index (χ1n) is 10.0. The van der Waals surface area contributed by atoms with Gasteiger partial charge in [0.2, 0.25) is 0 Å². The smallest absolute Gasteiger partial charge is 0.267 e. The van der Waals surface area contributed by atoms with Crippen LogP contribution in [0.4, 0.5) is 5.82 Å². The molecule has 7 heteroatoms. The van der Waals surface area contributed by atoms with Gasteiger partial charge in [0.05, 0.1) is 6.61 Å². The standard InChI is InChI=1S/C22H27N5O2/c1-3-29-18-5-4-17-13-20(25-19(17)14-18)22(28)24-15-16-6-7-23-21(12-16)27-10-8-26(2)9-11-27/h4-7,12-14,25H,3,8-11,15H2,1-2H3,(H,24,28).